The summed E-state index contributed by atoms with van der Waals surface area (Å²) >= 11 is 0. The number of anilines is 2. The summed E-state index contributed by atoms with van der Waals surface area (Å²) in [6.07, 6.45) is 1.72. The van der Waals surface area contributed by atoms with E-state index in [1.54, 1.807) is 74.2 Å². The van der Waals surface area contributed by atoms with Gasteiger partial charge in [-0.1, -0.05) is 60.7 Å². The number of likely N-dealkylation sites (tertiary alicyclic amines) is 2. The molecule has 4 atom stereocenters. The molecule has 5 aromatic rings. The van der Waals surface area contributed by atoms with Crippen molar-refractivity contribution in [3.8, 4) is 11.3 Å². The molecular formula is C47H52N6O7. The summed E-state index contributed by atoms with van der Waals surface area (Å²) in [5.41, 5.74) is 3.28. The van der Waals surface area contributed by atoms with Crippen LogP contribution in [0.3, 0.4) is 0 Å². The number of likely N-dealkylation sites (N-methyl/N-ethyl adjacent to an activating group) is 1. The van der Waals surface area contributed by atoms with Crippen LogP contribution in [-0.2, 0) is 23.9 Å². The molecule has 3 heterocycles. The van der Waals surface area contributed by atoms with Crippen LogP contribution < -0.4 is 16.0 Å². The highest BCUT2D eigenvalue weighted by Gasteiger charge is 2.40. The van der Waals surface area contributed by atoms with Crippen molar-refractivity contribution >= 4 is 52.1 Å². The summed E-state index contributed by atoms with van der Waals surface area (Å²) in [6, 6.07) is 30.3. The van der Waals surface area contributed by atoms with E-state index in [1.165, 1.54) is 4.90 Å². The van der Waals surface area contributed by atoms with Gasteiger partial charge in [0, 0.05) is 35.4 Å². The van der Waals surface area contributed by atoms with Gasteiger partial charge in [0.25, 0.3) is 5.91 Å². The monoisotopic (exact) mass is 812 g/mol. The number of ether oxygens (including phenoxy) is 1. The van der Waals surface area contributed by atoms with Crippen molar-refractivity contribution in [2.75, 3.05) is 37.8 Å². The fourth-order valence-electron chi connectivity index (χ4n) is 8.02. The van der Waals surface area contributed by atoms with Crippen molar-refractivity contribution in [3.63, 3.8) is 0 Å². The first-order valence-electron chi connectivity index (χ1n) is 20.4. The van der Waals surface area contributed by atoms with E-state index in [1.807, 2.05) is 79.7 Å². The Labute approximate surface area is 350 Å². The van der Waals surface area contributed by atoms with Gasteiger partial charge in [-0.25, -0.2) is 4.79 Å². The van der Waals surface area contributed by atoms with Crippen LogP contribution in [0.2, 0.25) is 0 Å². The summed E-state index contributed by atoms with van der Waals surface area (Å²) in [7, 11) is 3.74. The molecule has 2 aliphatic heterocycles. The number of nitrogens with zero attached hydrogens (tertiary/aromatic N) is 3. The molecule has 4 aromatic carbocycles. The minimum atomic E-state index is -1.03. The van der Waals surface area contributed by atoms with Gasteiger partial charge < -0.3 is 34.9 Å². The highest BCUT2D eigenvalue weighted by atomic mass is 16.6. The van der Waals surface area contributed by atoms with Gasteiger partial charge in [-0.15, -0.1) is 0 Å². The quantitative estimate of drug-likeness (QED) is 0.124. The minimum absolute atomic E-state index is 0.0957. The second kappa shape index (κ2) is 17.8. The molecule has 1 aromatic heterocycles. The van der Waals surface area contributed by atoms with Crippen molar-refractivity contribution in [3.05, 3.63) is 120 Å². The van der Waals surface area contributed by atoms with E-state index < -0.39 is 35.9 Å². The molecule has 2 aliphatic rings. The maximum Gasteiger partial charge on any atom is 0.408 e. The number of furan rings is 1. The number of rotatable bonds is 11. The number of nitrogens with one attached hydrogen (secondary N) is 3. The first kappa shape index (κ1) is 41.7. The van der Waals surface area contributed by atoms with Crippen LogP contribution in [0, 0.1) is 0 Å². The van der Waals surface area contributed by atoms with Crippen LogP contribution in [0.4, 0.5) is 16.2 Å². The van der Waals surface area contributed by atoms with Gasteiger partial charge in [-0.2, -0.15) is 0 Å². The van der Waals surface area contributed by atoms with Crippen molar-refractivity contribution in [1.82, 2.24) is 20.0 Å². The SMILES string of the molecule is CN(C)[C@@H](C(=O)N1CCC[C@H]1C(=O)Nc1ccc2oc(-c3ccc(NC(=O)[C@@H]4CCCN4C(=O)[C@H](NC(=O)OC(C)(C)C)c4ccccc4)cc3)cc2c1)c1ccccc1. The number of alkyl carbamates (subject to hydrolysis) is 1. The minimum Gasteiger partial charge on any atom is -0.456 e. The Hall–Kier alpha value is -6.47. The largest absolute Gasteiger partial charge is 0.456 e. The third-order valence-corrected chi connectivity index (χ3v) is 10.8. The summed E-state index contributed by atoms with van der Waals surface area (Å²) in [5.74, 6) is -0.436. The molecule has 0 bridgehead atoms. The van der Waals surface area contributed by atoms with Crippen LogP contribution in [0.15, 0.2) is 114 Å². The number of fused-ring (bicyclic) bond motifs is 1. The average molecular weight is 813 g/mol. The van der Waals surface area contributed by atoms with Gasteiger partial charge in [0.1, 0.15) is 41.1 Å². The lowest BCUT2D eigenvalue weighted by molar-refractivity contribution is -0.140. The Morgan fingerprint density at radius 3 is 1.83 bits per heavy atom. The van der Waals surface area contributed by atoms with E-state index in [0.29, 0.717) is 60.6 Å². The number of hydrogen-bond acceptors (Lipinski definition) is 8. The zero-order valence-corrected chi connectivity index (χ0v) is 34.6. The predicted octanol–water partition coefficient (Wildman–Crippen LogP) is 7.53. The topological polar surface area (TPSA) is 154 Å². The molecule has 2 fully saturated rings. The summed E-state index contributed by atoms with van der Waals surface area (Å²) in [5, 5.41) is 9.50. The van der Waals surface area contributed by atoms with Crippen LogP contribution in [0.1, 0.15) is 69.7 Å². The van der Waals surface area contributed by atoms with Gasteiger partial charge >= 0.3 is 6.09 Å². The number of carbonyl (C=O) groups excluding carboxylic acids is 5. The first-order valence-corrected chi connectivity index (χ1v) is 20.4. The molecule has 2 saturated heterocycles. The zero-order valence-electron chi connectivity index (χ0n) is 34.6. The van der Waals surface area contributed by atoms with Gasteiger partial charge in [-0.3, -0.25) is 24.1 Å². The smallest absolute Gasteiger partial charge is 0.408 e. The van der Waals surface area contributed by atoms with Crippen LogP contribution in [0.5, 0.6) is 0 Å². The fourth-order valence-corrected chi connectivity index (χ4v) is 8.02. The molecule has 0 unspecified atom stereocenters. The normalized spacial score (nSPS) is 17.6. The summed E-state index contributed by atoms with van der Waals surface area (Å²) in [4.78, 5) is 72.9. The first-order chi connectivity index (χ1) is 28.8. The highest BCUT2D eigenvalue weighted by molar-refractivity contribution is 6.01. The number of carbonyl (C=O) groups is 5. The van der Waals surface area contributed by atoms with E-state index in [4.69, 9.17) is 9.15 Å². The molecule has 0 spiro atoms. The fraction of sp³-hybridized carbons (Fsp3) is 0.340. The van der Waals surface area contributed by atoms with Gasteiger partial charge in [0.05, 0.1) is 0 Å². The van der Waals surface area contributed by atoms with Crippen molar-refractivity contribution in [2.24, 2.45) is 0 Å². The highest BCUT2D eigenvalue weighted by Crippen LogP contribution is 2.32. The van der Waals surface area contributed by atoms with Crippen molar-refractivity contribution < 1.29 is 33.1 Å². The Kier molecular flexibility index (Phi) is 12.4. The third-order valence-electron chi connectivity index (χ3n) is 10.8. The second-order valence-electron chi connectivity index (χ2n) is 16.6. The summed E-state index contributed by atoms with van der Waals surface area (Å²) < 4.78 is 11.6. The van der Waals surface area contributed by atoms with Crippen molar-refractivity contribution in [2.45, 2.75) is 76.2 Å². The summed E-state index contributed by atoms with van der Waals surface area (Å²) in [6.45, 7) is 6.14. The number of hydrogen-bond donors (Lipinski definition) is 3. The molecule has 7 rings (SSSR count). The molecule has 5 amide bonds. The van der Waals surface area contributed by atoms with Crippen LogP contribution >= 0.6 is 0 Å². The van der Waals surface area contributed by atoms with Gasteiger partial charge in [0.15, 0.2) is 0 Å². The molecule has 3 N–H and O–H groups in total. The Morgan fingerprint density at radius 1 is 0.700 bits per heavy atom. The second-order valence-corrected chi connectivity index (χ2v) is 16.6. The zero-order chi connectivity index (χ0) is 42.6. The predicted molar refractivity (Wildman–Crippen MR) is 230 cm³/mol. The Balaban J connectivity index is 0.989. The van der Waals surface area contributed by atoms with Crippen LogP contribution in [0.25, 0.3) is 22.3 Å². The van der Waals surface area contributed by atoms with Gasteiger partial charge in [-0.05, 0) is 120 Å². The van der Waals surface area contributed by atoms with Gasteiger partial charge in [0.2, 0.25) is 17.7 Å². The average Bonchev–Trinajstić information content (AvgIpc) is 4.01. The molecule has 60 heavy (non-hydrogen) atoms. The molecule has 0 radical (unpaired) electrons. The van der Waals surface area contributed by atoms with E-state index in [9.17, 15) is 24.0 Å². The third kappa shape index (κ3) is 9.52. The van der Waals surface area contributed by atoms with Crippen LogP contribution in [-0.4, -0.2) is 89.3 Å². The maximum absolute atomic E-state index is 14.0. The molecule has 312 valence electrons. The van der Waals surface area contributed by atoms with E-state index >= 15 is 0 Å². The Bertz CT molecular complexity index is 2340. The number of amides is 5. The maximum atomic E-state index is 14.0. The lowest BCUT2D eigenvalue weighted by Gasteiger charge is -2.31. The lowest BCUT2D eigenvalue weighted by atomic mass is 10.0. The van der Waals surface area contributed by atoms with E-state index in [-0.39, 0.29) is 23.6 Å². The standard InChI is InChI=1S/C47H52N6O7/c1-47(2,3)60-46(58)50-40(31-14-8-6-9-15-31)44(56)52-26-12-18-36(52)42(54)48-34-22-20-30(21-23-34)39-29-33-28-35(24-25-38(33)59-39)49-43(55)37-19-13-27-53(37)45(57)41(51(4)5)32-16-10-7-11-17-32/h6-11,14-17,20-25,28-29,36-37,40-41H,12-13,18-19,26-27H2,1-5H3,(H,48,54)(H,49,55)(H,50,58)/t36-,37-,40+,41+/m0/s1. The molecule has 0 saturated carbocycles. The van der Waals surface area contributed by atoms with E-state index in [2.05, 4.69) is 16.0 Å². The van der Waals surface area contributed by atoms with Crippen molar-refractivity contribution in [1.29, 1.82) is 0 Å². The lowest BCUT2D eigenvalue weighted by Crippen LogP contribution is -2.49. The Morgan fingerprint density at radius 2 is 1.25 bits per heavy atom. The number of benzene rings is 4. The van der Waals surface area contributed by atoms with E-state index in [0.717, 1.165) is 22.9 Å². The molecule has 13 nitrogen and oxygen atoms in total. The molecule has 13 heteroatoms. The molecule has 0 aliphatic carbocycles. The molecular weight excluding hydrogens is 761 g/mol.